The van der Waals surface area contributed by atoms with E-state index >= 15 is 0 Å². The third-order valence-corrected chi connectivity index (χ3v) is 9.10. The Bertz CT molecular complexity index is 2200. The molecule has 0 bridgehead atoms. The van der Waals surface area contributed by atoms with Gasteiger partial charge < -0.3 is 4.74 Å². The molecule has 7 aromatic carbocycles. The molecule has 0 fully saturated rings. The highest BCUT2D eigenvalue weighted by molar-refractivity contribution is 6.24. The van der Waals surface area contributed by atoms with Crippen LogP contribution in [0.4, 0.5) is 0 Å². The van der Waals surface area contributed by atoms with E-state index < -0.39 is 0 Å². The Hall–Kier alpha value is -4.88. The predicted molar refractivity (Wildman–Crippen MR) is 169 cm³/mol. The predicted octanol–water partition coefficient (Wildman–Crippen LogP) is 10.2. The normalized spacial score (nSPS) is 17.9. The molecule has 188 valence electrons. The molecule has 1 nitrogen and oxygen atoms in total. The van der Waals surface area contributed by atoms with Crippen LogP contribution in [0.15, 0.2) is 127 Å². The summed E-state index contributed by atoms with van der Waals surface area (Å²) in [6.45, 7) is 2.19. The zero-order chi connectivity index (χ0) is 26.4. The minimum Gasteiger partial charge on any atom is -0.485 e. The van der Waals surface area contributed by atoms with Gasteiger partial charge in [0.25, 0.3) is 0 Å². The maximum atomic E-state index is 6.44. The lowest BCUT2D eigenvalue weighted by Gasteiger charge is -2.21. The quantitative estimate of drug-likeness (QED) is 0.210. The van der Waals surface area contributed by atoms with Gasteiger partial charge in [0.1, 0.15) is 11.9 Å². The molecule has 2 atom stereocenters. The monoisotopic (exact) mass is 510 g/mol. The molecule has 0 radical (unpaired) electrons. The molecule has 2 unspecified atom stereocenters. The van der Waals surface area contributed by atoms with Gasteiger partial charge in [-0.25, -0.2) is 0 Å². The number of hydrogen-bond acceptors (Lipinski definition) is 1. The van der Waals surface area contributed by atoms with Crippen LogP contribution in [0.3, 0.4) is 0 Å². The first-order valence-corrected chi connectivity index (χ1v) is 14.1. The number of hydrogen-bond donors (Lipinski definition) is 0. The summed E-state index contributed by atoms with van der Waals surface area (Å²) in [5, 5.41) is 10.5. The third kappa shape index (κ3) is 3.03. The lowest BCUT2D eigenvalue weighted by Crippen LogP contribution is -2.17. The molecular weight excluding hydrogens is 484 g/mol. The summed E-state index contributed by atoms with van der Waals surface area (Å²) < 4.78 is 6.44. The van der Waals surface area contributed by atoms with Crippen molar-refractivity contribution in [3.8, 4) is 16.9 Å². The van der Waals surface area contributed by atoms with Gasteiger partial charge in [-0.1, -0.05) is 109 Å². The largest absolute Gasteiger partial charge is 0.485 e. The van der Waals surface area contributed by atoms with Crippen molar-refractivity contribution in [2.24, 2.45) is 0 Å². The van der Waals surface area contributed by atoms with Gasteiger partial charge in [-0.15, -0.1) is 0 Å². The Morgan fingerprint density at radius 1 is 0.600 bits per heavy atom. The fourth-order valence-corrected chi connectivity index (χ4v) is 7.14. The first kappa shape index (κ1) is 22.0. The van der Waals surface area contributed by atoms with Crippen molar-refractivity contribution in [3.05, 3.63) is 144 Å². The second-order valence-electron chi connectivity index (χ2n) is 11.3. The molecule has 1 heterocycles. The summed E-state index contributed by atoms with van der Waals surface area (Å²) in [5.41, 5.74) is 7.64. The molecule has 1 aliphatic carbocycles. The van der Waals surface area contributed by atoms with Gasteiger partial charge in [0.05, 0.1) is 0 Å². The molecule has 0 N–H and O–H groups in total. The van der Waals surface area contributed by atoms with E-state index in [0.717, 1.165) is 5.75 Å². The van der Waals surface area contributed by atoms with Gasteiger partial charge in [-0.3, -0.25) is 0 Å². The summed E-state index contributed by atoms with van der Waals surface area (Å²) >= 11 is 0. The van der Waals surface area contributed by atoms with E-state index in [9.17, 15) is 0 Å². The Kier molecular flexibility index (Phi) is 4.43. The molecule has 1 aliphatic heterocycles. The van der Waals surface area contributed by atoms with Gasteiger partial charge >= 0.3 is 0 Å². The molecular formula is C39H26O. The molecule has 0 spiro atoms. The van der Waals surface area contributed by atoms with Crippen LogP contribution < -0.4 is 4.74 Å². The smallest absolute Gasteiger partial charge is 0.128 e. The summed E-state index contributed by atoms with van der Waals surface area (Å²) in [6, 6.07) is 40.2. The maximum Gasteiger partial charge on any atom is 0.128 e. The Morgan fingerprint density at radius 3 is 2.23 bits per heavy atom. The molecule has 0 amide bonds. The topological polar surface area (TPSA) is 9.23 Å². The van der Waals surface area contributed by atoms with Crippen molar-refractivity contribution < 1.29 is 4.74 Å². The first-order valence-electron chi connectivity index (χ1n) is 14.1. The number of benzene rings is 7. The van der Waals surface area contributed by atoms with E-state index in [4.69, 9.17) is 4.74 Å². The van der Waals surface area contributed by atoms with Crippen LogP contribution in [0.1, 0.15) is 22.6 Å². The molecule has 40 heavy (non-hydrogen) atoms. The highest BCUT2D eigenvalue weighted by Gasteiger charge is 2.34. The number of rotatable bonds is 2. The highest BCUT2D eigenvalue weighted by Crippen LogP contribution is 2.47. The molecule has 7 aromatic rings. The fraction of sp³-hybridized carbons (Fsp3) is 0.0769. The zero-order valence-corrected chi connectivity index (χ0v) is 22.2. The van der Waals surface area contributed by atoms with Crippen LogP contribution in [-0.4, -0.2) is 6.10 Å². The van der Waals surface area contributed by atoms with Crippen LogP contribution in [0.25, 0.3) is 59.8 Å². The molecule has 0 aromatic heterocycles. The molecule has 2 aliphatic rings. The van der Waals surface area contributed by atoms with Crippen molar-refractivity contribution in [1.82, 2.24) is 0 Å². The Morgan fingerprint density at radius 2 is 1.35 bits per heavy atom. The maximum absolute atomic E-state index is 6.44. The van der Waals surface area contributed by atoms with Crippen molar-refractivity contribution >= 4 is 48.7 Å². The van der Waals surface area contributed by atoms with Crippen molar-refractivity contribution in [1.29, 1.82) is 0 Å². The highest BCUT2D eigenvalue weighted by atomic mass is 16.5. The van der Waals surface area contributed by atoms with Gasteiger partial charge in [0, 0.05) is 11.5 Å². The SMILES string of the molecule is Cc1ccc(-c2ccc3c(c2)C2C=C(c4ccc5ccc6cccc7ccc4c5c67)C=CC2O3)c2ccccc12. The van der Waals surface area contributed by atoms with Gasteiger partial charge in [-0.05, 0) is 96.0 Å². The van der Waals surface area contributed by atoms with Crippen LogP contribution in [0.5, 0.6) is 5.75 Å². The summed E-state index contributed by atoms with van der Waals surface area (Å²) in [5.74, 6) is 1.18. The lowest BCUT2D eigenvalue weighted by atomic mass is 9.83. The van der Waals surface area contributed by atoms with E-state index in [1.807, 2.05) is 0 Å². The van der Waals surface area contributed by atoms with Gasteiger partial charge in [0.2, 0.25) is 0 Å². The second kappa shape index (κ2) is 8.07. The summed E-state index contributed by atoms with van der Waals surface area (Å²) in [7, 11) is 0. The van der Waals surface area contributed by atoms with Crippen molar-refractivity contribution in [2.45, 2.75) is 18.9 Å². The Balaban J connectivity index is 1.19. The summed E-state index contributed by atoms with van der Waals surface area (Å²) in [4.78, 5) is 0. The minimum atomic E-state index is 0.0311. The molecule has 0 saturated heterocycles. The number of allylic oxidation sites excluding steroid dienone is 2. The van der Waals surface area contributed by atoms with E-state index in [0.29, 0.717) is 0 Å². The van der Waals surface area contributed by atoms with Crippen LogP contribution in [-0.2, 0) is 0 Å². The van der Waals surface area contributed by atoms with E-state index in [2.05, 4.69) is 134 Å². The molecule has 0 saturated carbocycles. The number of ether oxygens (including phenoxy) is 1. The lowest BCUT2D eigenvalue weighted by molar-refractivity contribution is 0.269. The fourth-order valence-electron chi connectivity index (χ4n) is 7.14. The third-order valence-electron chi connectivity index (χ3n) is 9.10. The average molecular weight is 511 g/mol. The van der Waals surface area contributed by atoms with Gasteiger partial charge in [-0.2, -0.15) is 0 Å². The average Bonchev–Trinajstić information content (AvgIpc) is 3.37. The first-order chi connectivity index (χ1) is 19.7. The molecule has 9 rings (SSSR count). The van der Waals surface area contributed by atoms with Crippen molar-refractivity contribution in [2.75, 3.05) is 0 Å². The van der Waals surface area contributed by atoms with Gasteiger partial charge in [0.15, 0.2) is 0 Å². The van der Waals surface area contributed by atoms with Crippen LogP contribution in [0.2, 0.25) is 0 Å². The van der Waals surface area contributed by atoms with Crippen LogP contribution >= 0.6 is 0 Å². The summed E-state index contributed by atoms with van der Waals surface area (Å²) in [6.07, 6.45) is 6.97. The molecule has 1 heteroatoms. The zero-order valence-electron chi connectivity index (χ0n) is 22.2. The minimum absolute atomic E-state index is 0.0311. The number of aryl methyl sites for hydroxylation is 1. The number of fused-ring (bicyclic) bond motifs is 4. The second-order valence-corrected chi connectivity index (χ2v) is 11.3. The van der Waals surface area contributed by atoms with E-state index in [-0.39, 0.29) is 12.0 Å². The Labute approximate surface area is 233 Å². The van der Waals surface area contributed by atoms with E-state index in [1.165, 1.54) is 76.5 Å². The van der Waals surface area contributed by atoms with E-state index in [1.54, 1.807) is 0 Å². The van der Waals surface area contributed by atoms with Crippen LogP contribution in [0, 0.1) is 6.92 Å². The standard InChI is InChI=1S/C39H26O/c1-23-9-16-30(32-8-3-2-7-29(23)32)27-14-19-36-34(21-27)35-22-28(15-20-37(35)40-36)31-17-12-26-11-10-24-5-4-6-25-13-18-33(31)39(26)38(24)25/h2-22,35,37H,1H3. The van der Waals surface area contributed by atoms with Crippen molar-refractivity contribution in [3.63, 3.8) is 0 Å².